The number of hydrogen-bond donors (Lipinski definition) is 14. The van der Waals surface area contributed by atoms with Crippen molar-refractivity contribution in [1.82, 2.24) is 37.2 Å². The number of aromatic hydroxyl groups is 1. The third-order valence-electron chi connectivity index (χ3n) is 10.1. The van der Waals surface area contributed by atoms with E-state index in [4.69, 9.17) is 33.9 Å². The molecule has 0 unspecified atom stereocenters. The molecule has 0 spiro atoms. The summed E-state index contributed by atoms with van der Waals surface area (Å²) >= 11 is 9.60. The molecule has 9 amide bonds. The van der Waals surface area contributed by atoms with E-state index in [0.717, 1.165) is 0 Å². The van der Waals surface area contributed by atoms with Crippen LogP contribution in [-0.2, 0) is 59.2 Å². The zero-order valence-corrected chi connectivity index (χ0v) is 39.8. The number of unbranched alkanes of at least 4 members (excludes halogenated alkanes) is 1. The molecule has 0 aliphatic carbocycles. The SMILES string of the molecule is CC(C)C[C@H](NC(=O)[C@H](CCCC(=O)O)NC(=O)CCl)C(=O)N[C@@H](Cc1ccc(O)c(N)c1)C(=O)N[C@@](C)(CCCC(=O)O)C(=O)N[C@@H](CC(N)=O)C(=O)NCCCCC(=O)N[C@@H](CS)C(N)=O. The van der Waals surface area contributed by atoms with Gasteiger partial charge < -0.3 is 69.7 Å². The van der Waals surface area contributed by atoms with Gasteiger partial charge in [0.2, 0.25) is 53.2 Å². The Morgan fingerprint density at radius 3 is 1.88 bits per heavy atom. The lowest BCUT2D eigenvalue weighted by atomic mass is 9.91. The predicted molar refractivity (Wildman–Crippen MR) is 249 cm³/mol. The van der Waals surface area contributed by atoms with Gasteiger partial charge in [-0.15, -0.1) is 11.6 Å². The van der Waals surface area contributed by atoms with Crippen molar-refractivity contribution in [1.29, 1.82) is 0 Å². The zero-order valence-electron chi connectivity index (χ0n) is 38.2. The van der Waals surface area contributed by atoms with Gasteiger partial charge in [0.1, 0.15) is 47.4 Å². The standard InChI is InChI=1S/C42H65ClN10O14S/c1-22(2)16-26(50-38(64)25(48-33(57)20-43)8-6-10-34(58)59)39(65)51-27(18-23-12-13-30(54)24(44)17-23)40(66)53-42(3,14-7-11-35(60)61)41(67)52-28(19-31(45)55)37(63)47-15-5-4-9-32(56)49-29(21-68)36(46)62/h12-13,17,22,25-29,54,68H,4-11,14-16,18-21,44H2,1-3H3,(H2,45,55)(H2,46,62)(H,47,63)(H,48,57)(H,49,56)(H,50,64)(H,51,65)(H,52,67)(H,53,66)(H,58,59)(H,60,61)/t25-,26-,27-,28-,29-,42-/m0/s1. The highest BCUT2D eigenvalue weighted by atomic mass is 35.5. The quantitative estimate of drug-likeness (QED) is 0.0121. The fraction of sp³-hybridized carbons (Fsp3) is 0.595. The van der Waals surface area contributed by atoms with E-state index in [9.17, 15) is 63.0 Å². The Morgan fingerprint density at radius 2 is 1.32 bits per heavy atom. The third kappa shape index (κ3) is 22.9. The summed E-state index contributed by atoms with van der Waals surface area (Å²) in [6.07, 6.45) is -2.13. The molecule has 68 heavy (non-hydrogen) atoms. The number of halogens is 1. The van der Waals surface area contributed by atoms with Crippen LogP contribution in [-0.4, -0.2) is 134 Å². The maximum Gasteiger partial charge on any atom is 0.303 e. The highest BCUT2D eigenvalue weighted by Crippen LogP contribution is 2.22. The average Bonchev–Trinajstić information content (AvgIpc) is 3.24. The van der Waals surface area contributed by atoms with Crippen LogP contribution in [0.2, 0.25) is 0 Å². The molecule has 1 aromatic rings. The second-order valence-corrected chi connectivity index (χ2v) is 17.2. The first-order valence-corrected chi connectivity index (χ1v) is 22.8. The number of benzene rings is 1. The molecule has 0 fully saturated rings. The number of nitrogen functional groups attached to an aromatic ring is 1. The molecular weight excluding hydrogens is 936 g/mol. The number of carbonyl (C=O) groups is 11. The minimum atomic E-state index is -2.04. The number of anilines is 1. The summed E-state index contributed by atoms with van der Waals surface area (Å²) < 4.78 is 0. The maximum absolute atomic E-state index is 14.4. The Morgan fingerprint density at radius 1 is 0.721 bits per heavy atom. The third-order valence-corrected chi connectivity index (χ3v) is 10.8. The van der Waals surface area contributed by atoms with Crippen molar-refractivity contribution in [3.8, 4) is 5.75 Å². The predicted octanol–water partition coefficient (Wildman–Crippen LogP) is -1.81. The number of phenolic OH excluding ortho intramolecular Hbond substituents is 1. The summed E-state index contributed by atoms with van der Waals surface area (Å²) in [5.74, 6) is -11.2. The van der Waals surface area contributed by atoms with Crippen molar-refractivity contribution in [2.24, 2.45) is 17.4 Å². The minimum absolute atomic E-state index is 0.00881. The van der Waals surface area contributed by atoms with Crippen LogP contribution >= 0.6 is 24.2 Å². The molecule has 0 heterocycles. The minimum Gasteiger partial charge on any atom is -0.506 e. The number of carboxylic acid groups (broad SMARTS) is 2. The molecule has 6 atom stereocenters. The molecular formula is C42H65ClN10O14S. The number of nitrogens with two attached hydrogens (primary N) is 3. The highest BCUT2D eigenvalue weighted by molar-refractivity contribution is 7.80. The smallest absolute Gasteiger partial charge is 0.303 e. The van der Waals surface area contributed by atoms with E-state index in [1.807, 2.05) is 0 Å². The molecule has 24 nitrogen and oxygen atoms in total. The van der Waals surface area contributed by atoms with Gasteiger partial charge in [0, 0.05) is 38.0 Å². The number of carboxylic acids is 2. The van der Waals surface area contributed by atoms with Gasteiger partial charge in [0.25, 0.3) is 0 Å². The van der Waals surface area contributed by atoms with Gasteiger partial charge >= 0.3 is 11.9 Å². The first-order chi connectivity index (χ1) is 31.8. The van der Waals surface area contributed by atoms with Crippen molar-refractivity contribution in [3.05, 3.63) is 23.8 Å². The number of amides is 9. The van der Waals surface area contributed by atoms with Crippen LogP contribution in [0.4, 0.5) is 5.69 Å². The maximum atomic E-state index is 14.4. The van der Waals surface area contributed by atoms with Crippen LogP contribution < -0.4 is 54.4 Å². The second kappa shape index (κ2) is 30.1. The number of nitrogens with one attached hydrogen (secondary N) is 7. The molecule has 0 radical (unpaired) electrons. The zero-order chi connectivity index (χ0) is 51.7. The van der Waals surface area contributed by atoms with Crippen molar-refractivity contribution in [2.45, 2.75) is 134 Å². The molecule has 0 saturated carbocycles. The number of phenols is 1. The number of alkyl halides is 1. The van der Waals surface area contributed by atoms with E-state index in [1.165, 1.54) is 25.1 Å². The van der Waals surface area contributed by atoms with Gasteiger partial charge in [-0.3, -0.25) is 52.7 Å². The van der Waals surface area contributed by atoms with Crippen molar-refractivity contribution >= 4 is 95.0 Å². The van der Waals surface area contributed by atoms with Crippen molar-refractivity contribution in [2.75, 3.05) is 23.9 Å². The van der Waals surface area contributed by atoms with Crippen LogP contribution in [0, 0.1) is 5.92 Å². The number of carbonyl (C=O) groups excluding carboxylic acids is 9. The number of primary amides is 2. The molecule has 26 heteroatoms. The number of thiol groups is 1. The first kappa shape index (κ1) is 59.6. The molecule has 1 aromatic carbocycles. The number of rotatable bonds is 33. The van der Waals surface area contributed by atoms with Gasteiger partial charge in [0.05, 0.1) is 12.1 Å². The normalized spacial score (nSPS) is 14.0. The fourth-order valence-electron chi connectivity index (χ4n) is 6.51. The van der Waals surface area contributed by atoms with E-state index in [2.05, 4.69) is 49.8 Å². The Kier molecular flexibility index (Phi) is 26.4. The van der Waals surface area contributed by atoms with Crippen molar-refractivity contribution in [3.63, 3.8) is 0 Å². The average molecular weight is 1000 g/mol. The highest BCUT2D eigenvalue weighted by Gasteiger charge is 2.40. The first-order valence-electron chi connectivity index (χ1n) is 21.7. The lowest BCUT2D eigenvalue weighted by molar-refractivity contribution is -0.139. The van der Waals surface area contributed by atoms with E-state index in [1.54, 1.807) is 13.8 Å². The molecule has 0 saturated heterocycles. The summed E-state index contributed by atoms with van der Waals surface area (Å²) in [4.78, 5) is 140. The summed E-state index contributed by atoms with van der Waals surface area (Å²) in [5, 5.41) is 46.0. The van der Waals surface area contributed by atoms with Gasteiger partial charge in [-0.25, -0.2) is 0 Å². The van der Waals surface area contributed by atoms with E-state index >= 15 is 0 Å². The Balaban J connectivity index is 3.51. The topological polar surface area (TPSA) is 411 Å². The summed E-state index contributed by atoms with van der Waals surface area (Å²) in [5.41, 5.74) is 14.7. The summed E-state index contributed by atoms with van der Waals surface area (Å²) in [6, 6.07) is -2.87. The summed E-state index contributed by atoms with van der Waals surface area (Å²) in [7, 11) is 0. The van der Waals surface area contributed by atoms with Crippen LogP contribution in [0.5, 0.6) is 5.75 Å². The van der Waals surface area contributed by atoms with Crippen LogP contribution in [0.15, 0.2) is 18.2 Å². The van der Waals surface area contributed by atoms with Crippen molar-refractivity contribution < 1.29 is 68.1 Å². The lowest BCUT2D eigenvalue weighted by Gasteiger charge is -2.33. The van der Waals surface area contributed by atoms with E-state index < -0.39 is 120 Å². The van der Waals surface area contributed by atoms with Crippen LogP contribution in [0.3, 0.4) is 0 Å². The fourth-order valence-corrected chi connectivity index (χ4v) is 6.86. The molecule has 0 aromatic heterocycles. The molecule has 16 N–H and O–H groups in total. The van der Waals surface area contributed by atoms with Gasteiger partial charge in [0.15, 0.2) is 0 Å². The largest absolute Gasteiger partial charge is 0.506 e. The van der Waals surface area contributed by atoms with Crippen LogP contribution in [0.25, 0.3) is 0 Å². The molecule has 1 rings (SSSR count). The summed E-state index contributed by atoms with van der Waals surface area (Å²) in [6.45, 7) is 4.66. The molecule has 0 aliphatic heterocycles. The molecule has 0 bridgehead atoms. The number of aliphatic carboxylic acids is 2. The Labute approximate surface area is 403 Å². The molecule has 380 valence electrons. The Bertz CT molecular complexity index is 1980. The number of hydrogen-bond acceptors (Lipinski definition) is 14. The van der Waals surface area contributed by atoms with E-state index in [-0.39, 0.29) is 93.9 Å². The van der Waals surface area contributed by atoms with Gasteiger partial charge in [-0.2, -0.15) is 12.6 Å². The van der Waals surface area contributed by atoms with E-state index in [0.29, 0.717) is 5.56 Å². The lowest BCUT2D eigenvalue weighted by Crippen LogP contribution is -2.64. The Hall–Kier alpha value is -6.37. The second-order valence-electron chi connectivity index (χ2n) is 16.6. The van der Waals surface area contributed by atoms with Gasteiger partial charge in [-0.1, -0.05) is 19.9 Å². The van der Waals surface area contributed by atoms with Crippen LogP contribution in [0.1, 0.15) is 97.0 Å². The monoisotopic (exact) mass is 1000 g/mol. The molecule has 0 aliphatic rings. The van der Waals surface area contributed by atoms with Gasteiger partial charge in [-0.05, 0) is 75.5 Å².